The molecule has 0 aliphatic carbocycles. The molecule has 2 rings (SSSR count). The van der Waals surface area contributed by atoms with Crippen LogP contribution in [0.3, 0.4) is 0 Å². The van der Waals surface area contributed by atoms with E-state index in [1.54, 1.807) is 36.4 Å². The van der Waals surface area contributed by atoms with Gasteiger partial charge in [-0.1, -0.05) is 45.8 Å². The number of halogens is 1. The number of amides is 2. The quantitative estimate of drug-likeness (QED) is 0.893. The molecule has 2 aromatic rings. The highest BCUT2D eigenvalue weighted by molar-refractivity contribution is 9.10. The highest BCUT2D eigenvalue weighted by Crippen LogP contribution is 2.18. The summed E-state index contributed by atoms with van der Waals surface area (Å²) in [5, 5.41) is 2.67. The van der Waals surface area contributed by atoms with E-state index in [2.05, 4.69) is 21.2 Å². The molecule has 1 unspecified atom stereocenters. The first-order chi connectivity index (χ1) is 9.97. The van der Waals surface area contributed by atoms with E-state index < -0.39 is 11.9 Å². The van der Waals surface area contributed by atoms with Crippen LogP contribution in [-0.2, 0) is 4.79 Å². The number of carbonyl (C=O) groups excluding carboxylic acids is 2. The number of hydrogen-bond acceptors (Lipinski definition) is 2. The molecular formula is C16H15BrN2O2. The smallest absolute Gasteiger partial charge is 0.252 e. The number of nitrogens with one attached hydrogen (secondary N) is 1. The van der Waals surface area contributed by atoms with E-state index in [0.717, 1.165) is 10.0 Å². The van der Waals surface area contributed by atoms with Crippen molar-refractivity contribution in [3.05, 3.63) is 69.7 Å². The third-order valence-electron chi connectivity index (χ3n) is 3.02. The third kappa shape index (κ3) is 3.92. The van der Waals surface area contributed by atoms with Gasteiger partial charge in [0.1, 0.15) is 6.04 Å². The van der Waals surface area contributed by atoms with Gasteiger partial charge in [-0.25, -0.2) is 0 Å². The van der Waals surface area contributed by atoms with Crippen LogP contribution in [0.15, 0.2) is 53.0 Å². The Balaban J connectivity index is 2.25. The average Bonchev–Trinajstić information content (AvgIpc) is 2.44. The van der Waals surface area contributed by atoms with E-state index >= 15 is 0 Å². The second kappa shape index (κ2) is 6.54. The molecule has 0 aliphatic rings. The van der Waals surface area contributed by atoms with Crippen molar-refractivity contribution in [2.45, 2.75) is 13.0 Å². The Morgan fingerprint density at radius 2 is 1.86 bits per heavy atom. The van der Waals surface area contributed by atoms with Gasteiger partial charge in [0.25, 0.3) is 5.91 Å². The Labute approximate surface area is 131 Å². The minimum Gasteiger partial charge on any atom is -0.368 e. The van der Waals surface area contributed by atoms with Gasteiger partial charge in [-0.05, 0) is 36.8 Å². The molecular weight excluding hydrogens is 332 g/mol. The van der Waals surface area contributed by atoms with Gasteiger partial charge < -0.3 is 11.1 Å². The van der Waals surface area contributed by atoms with Crippen LogP contribution in [0.1, 0.15) is 27.5 Å². The van der Waals surface area contributed by atoms with Crippen molar-refractivity contribution in [1.82, 2.24) is 5.32 Å². The summed E-state index contributed by atoms with van der Waals surface area (Å²) in [6.07, 6.45) is 0. The molecule has 0 spiro atoms. The fraction of sp³-hybridized carbons (Fsp3) is 0.125. The monoisotopic (exact) mass is 346 g/mol. The standard InChI is InChI=1S/C16H15BrN2O2/c1-10-4-2-6-12(8-10)16(21)19-14(15(18)20)11-5-3-7-13(17)9-11/h2-9,14H,1H3,(H2,18,20)(H,19,21). The summed E-state index contributed by atoms with van der Waals surface area (Å²) >= 11 is 3.34. The Kier molecular flexibility index (Phi) is 4.75. The van der Waals surface area contributed by atoms with Gasteiger partial charge >= 0.3 is 0 Å². The molecule has 0 heterocycles. The van der Waals surface area contributed by atoms with Crippen molar-refractivity contribution in [1.29, 1.82) is 0 Å². The molecule has 3 N–H and O–H groups in total. The summed E-state index contributed by atoms with van der Waals surface area (Å²) in [4.78, 5) is 23.9. The van der Waals surface area contributed by atoms with Crippen LogP contribution in [0.4, 0.5) is 0 Å². The predicted octanol–water partition coefficient (Wildman–Crippen LogP) is 2.71. The second-order valence-corrected chi connectivity index (χ2v) is 5.65. The summed E-state index contributed by atoms with van der Waals surface area (Å²) in [5.41, 5.74) is 7.51. The van der Waals surface area contributed by atoms with Crippen LogP contribution in [0.5, 0.6) is 0 Å². The van der Waals surface area contributed by atoms with Gasteiger partial charge in [-0.3, -0.25) is 9.59 Å². The zero-order valence-electron chi connectivity index (χ0n) is 11.5. The molecule has 4 nitrogen and oxygen atoms in total. The summed E-state index contributed by atoms with van der Waals surface area (Å²) in [7, 11) is 0. The Morgan fingerprint density at radius 3 is 2.48 bits per heavy atom. The van der Waals surface area contributed by atoms with Crippen LogP contribution in [0, 0.1) is 6.92 Å². The highest BCUT2D eigenvalue weighted by Gasteiger charge is 2.21. The number of carbonyl (C=O) groups is 2. The summed E-state index contributed by atoms with van der Waals surface area (Å²) in [5.74, 6) is -0.934. The maximum absolute atomic E-state index is 12.2. The number of benzene rings is 2. The number of nitrogens with two attached hydrogens (primary N) is 1. The predicted molar refractivity (Wildman–Crippen MR) is 84.7 cm³/mol. The normalized spacial score (nSPS) is 11.7. The first-order valence-electron chi connectivity index (χ1n) is 6.39. The van der Waals surface area contributed by atoms with E-state index in [0.29, 0.717) is 11.1 Å². The van der Waals surface area contributed by atoms with Crippen molar-refractivity contribution in [2.24, 2.45) is 5.73 Å². The summed E-state index contributed by atoms with van der Waals surface area (Å²) in [6, 6.07) is 13.4. The van der Waals surface area contributed by atoms with E-state index in [-0.39, 0.29) is 5.91 Å². The molecule has 5 heteroatoms. The number of rotatable bonds is 4. The number of aryl methyl sites for hydroxylation is 1. The lowest BCUT2D eigenvalue weighted by atomic mass is 10.1. The maximum Gasteiger partial charge on any atom is 0.252 e. The van der Waals surface area contributed by atoms with Crippen molar-refractivity contribution in [3.63, 3.8) is 0 Å². The van der Waals surface area contributed by atoms with Gasteiger partial charge in [0.05, 0.1) is 0 Å². The fourth-order valence-corrected chi connectivity index (χ4v) is 2.42. The zero-order chi connectivity index (χ0) is 15.4. The molecule has 1 atom stereocenters. The van der Waals surface area contributed by atoms with Crippen molar-refractivity contribution in [2.75, 3.05) is 0 Å². The van der Waals surface area contributed by atoms with E-state index in [1.165, 1.54) is 0 Å². The zero-order valence-corrected chi connectivity index (χ0v) is 13.1. The van der Waals surface area contributed by atoms with Crippen LogP contribution >= 0.6 is 15.9 Å². The summed E-state index contributed by atoms with van der Waals surface area (Å²) < 4.78 is 0.816. The maximum atomic E-state index is 12.2. The highest BCUT2D eigenvalue weighted by atomic mass is 79.9. The molecule has 0 saturated heterocycles. The Hall–Kier alpha value is -2.14. The number of hydrogen-bond donors (Lipinski definition) is 2. The lowest BCUT2D eigenvalue weighted by Gasteiger charge is -2.16. The molecule has 0 bridgehead atoms. The van der Waals surface area contributed by atoms with Gasteiger partial charge in [-0.15, -0.1) is 0 Å². The largest absolute Gasteiger partial charge is 0.368 e. The van der Waals surface area contributed by atoms with Crippen molar-refractivity contribution < 1.29 is 9.59 Å². The molecule has 0 aromatic heterocycles. The first-order valence-corrected chi connectivity index (χ1v) is 7.19. The van der Waals surface area contributed by atoms with E-state index in [9.17, 15) is 9.59 Å². The molecule has 0 aliphatic heterocycles. The summed E-state index contributed by atoms with van der Waals surface area (Å²) in [6.45, 7) is 1.90. The van der Waals surface area contributed by atoms with E-state index in [1.807, 2.05) is 19.1 Å². The van der Waals surface area contributed by atoms with Crippen LogP contribution in [-0.4, -0.2) is 11.8 Å². The molecule has 0 saturated carbocycles. The van der Waals surface area contributed by atoms with Gasteiger partial charge in [-0.2, -0.15) is 0 Å². The van der Waals surface area contributed by atoms with Crippen molar-refractivity contribution in [3.8, 4) is 0 Å². The molecule has 2 aromatic carbocycles. The lowest BCUT2D eigenvalue weighted by Crippen LogP contribution is -2.37. The van der Waals surface area contributed by atoms with Gasteiger partial charge in [0.2, 0.25) is 5.91 Å². The van der Waals surface area contributed by atoms with Gasteiger partial charge in [0, 0.05) is 10.0 Å². The lowest BCUT2D eigenvalue weighted by molar-refractivity contribution is -0.120. The first kappa shape index (κ1) is 15.3. The molecule has 2 amide bonds. The van der Waals surface area contributed by atoms with Crippen LogP contribution in [0.25, 0.3) is 0 Å². The molecule has 108 valence electrons. The Morgan fingerprint density at radius 1 is 1.14 bits per heavy atom. The van der Waals surface area contributed by atoms with Gasteiger partial charge in [0.15, 0.2) is 0 Å². The second-order valence-electron chi connectivity index (χ2n) is 4.73. The topological polar surface area (TPSA) is 72.2 Å². The Bertz CT molecular complexity index is 685. The minimum atomic E-state index is -0.865. The van der Waals surface area contributed by atoms with Crippen molar-refractivity contribution >= 4 is 27.7 Å². The minimum absolute atomic E-state index is 0.331. The SMILES string of the molecule is Cc1cccc(C(=O)NC(C(N)=O)c2cccc(Br)c2)c1. The van der Waals surface area contributed by atoms with Crippen LogP contribution in [0.2, 0.25) is 0 Å². The molecule has 21 heavy (non-hydrogen) atoms. The fourth-order valence-electron chi connectivity index (χ4n) is 2.01. The number of primary amides is 1. The van der Waals surface area contributed by atoms with E-state index in [4.69, 9.17) is 5.73 Å². The molecule has 0 radical (unpaired) electrons. The molecule has 0 fully saturated rings. The third-order valence-corrected chi connectivity index (χ3v) is 3.52. The van der Waals surface area contributed by atoms with Crippen LogP contribution < -0.4 is 11.1 Å². The average molecular weight is 347 g/mol.